The maximum absolute atomic E-state index is 12.1. The molecular weight excluding hydrogens is 344 g/mol. The van der Waals surface area contributed by atoms with Crippen molar-refractivity contribution in [3.05, 3.63) is 24.3 Å². The minimum absolute atomic E-state index is 0.0312. The highest BCUT2D eigenvalue weighted by atomic mass is 19.3. The number of carbonyl (C=O) groups is 2. The Bertz CT molecular complexity index is 600. The zero-order chi connectivity index (χ0) is 19.1. The summed E-state index contributed by atoms with van der Waals surface area (Å²) in [7, 11) is 0. The fourth-order valence-corrected chi connectivity index (χ4v) is 2.73. The van der Waals surface area contributed by atoms with Crippen LogP contribution in [-0.4, -0.2) is 49.0 Å². The van der Waals surface area contributed by atoms with Crippen LogP contribution in [-0.2, 0) is 9.59 Å². The normalized spacial score (nSPS) is 15.9. The number of amides is 2. The van der Waals surface area contributed by atoms with Gasteiger partial charge in [-0.15, -0.1) is 0 Å². The molecule has 2 rings (SSSR count). The van der Waals surface area contributed by atoms with Gasteiger partial charge in [0.05, 0.1) is 6.54 Å². The number of nitrogens with zero attached hydrogens (tertiary/aromatic N) is 1. The van der Waals surface area contributed by atoms with Crippen LogP contribution in [0.5, 0.6) is 5.75 Å². The third-order valence-electron chi connectivity index (χ3n) is 4.19. The maximum atomic E-state index is 12.1. The summed E-state index contributed by atoms with van der Waals surface area (Å²) in [5.74, 6) is -0.0996. The molecule has 0 aliphatic carbocycles. The molecule has 1 saturated heterocycles. The second kappa shape index (κ2) is 9.47. The number of anilines is 1. The maximum Gasteiger partial charge on any atom is 0.387 e. The molecule has 26 heavy (non-hydrogen) atoms. The van der Waals surface area contributed by atoms with Crippen molar-refractivity contribution in [2.45, 2.75) is 39.3 Å². The molecule has 0 atom stereocenters. The van der Waals surface area contributed by atoms with E-state index in [4.69, 9.17) is 0 Å². The summed E-state index contributed by atoms with van der Waals surface area (Å²) in [4.78, 5) is 25.9. The van der Waals surface area contributed by atoms with Crippen LogP contribution in [0.2, 0.25) is 0 Å². The Morgan fingerprint density at radius 3 is 2.35 bits per heavy atom. The van der Waals surface area contributed by atoms with E-state index in [-0.39, 0.29) is 36.1 Å². The van der Waals surface area contributed by atoms with Crippen molar-refractivity contribution in [1.82, 2.24) is 10.2 Å². The fourth-order valence-electron chi connectivity index (χ4n) is 2.73. The van der Waals surface area contributed by atoms with Gasteiger partial charge in [-0.3, -0.25) is 14.5 Å². The molecule has 1 aromatic carbocycles. The predicted molar refractivity (Wildman–Crippen MR) is 94.1 cm³/mol. The Morgan fingerprint density at radius 2 is 1.81 bits per heavy atom. The number of nitrogens with one attached hydrogen (secondary N) is 2. The van der Waals surface area contributed by atoms with Crippen LogP contribution in [0.4, 0.5) is 14.5 Å². The average molecular weight is 369 g/mol. The second-order valence-corrected chi connectivity index (χ2v) is 6.66. The summed E-state index contributed by atoms with van der Waals surface area (Å²) in [5.41, 5.74) is 0.524. The van der Waals surface area contributed by atoms with Gasteiger partial charge in [-0.1, -0.05) is 13.8 Å². The van der Waals surface area contributed by atoms with E-state index in [0.29, 0.717) is 5.69 Å². The van der Waals surface area contributed by atoms with Gasteiger partial charge in [0.15, 0.2) is 0 Å². The predicted octanol–water partition coefficient (Wildman–Crippen LogP) is 2.46. The van der Waals surface area contributed by atoms with E-state index in [9.17, 15) is 18.4 Å². The molecule has 2 N–H and O–H groups in total. The molecule has 1 heterocycles. The first-order chi connectivity index (χ1) is 12.3. The largest absolute Gasteiger partial charge is 0.435 e. The smallest absolute Gasteiger partial charge is 0.387 e. The highest BCUT2D eigenvalue weighted by molar-refractivity contribution is 5.92. The van der Waals surface area contributed by atoms with Crippen molar-refractivity contribution < 1.29 is 23.1 Å². The summed E-state index contributed by atoms with van der Waals surface area (Å²) in [5, 5.41) is 5.75. The summed E-state index contributed by atoms with van der Waals surface area (Å²) < 4.78 is 28.5. The lowest BCUT2D eigenvalue weighted by molar-refractivity contribution is -0.125. The third kappa shape index (κ3) is 6.59. The van der Waals surface area contributed by atoms with Crippen LogP contribution < -0.4 is 15.4 Å². The van der Waals surface area contributed by atoms with Crippen molar-refractivity contribution in [3.8, 4) is 5.75 Å². The van der Waals surface area contributed by atoms with Crippen molar-refractivity contribution in [1.29, 1.82) is 0 Å². The highest BCUT2D eigenvalue weighted by Gasteiger charge is 2.22. The van der Waals surface area contributed by atoms with Crippen molar-refractivity contribution >= 4 is 17.5 Å². The third-order valence-corrected chi connectivity index (χ3v) is 4.19. The van der Waals surface area contributed by atoms with Crippen molar-refractivity contribution in [2.75, 3.05) is 25.0 Å². The summed E-state index contributed by atoms with van der Waals surface area (Å²) in [6.45, 7) is 2.57. The number of hydrogen-bond acceptors (Lipinski definition) is 4. The monoisotopic (exact) mass is 369 g/mol. The average Bonchev–Trinajstić information content (AvgIpc) is 2.57. The molecule has 1 fully saturated rings. The highest BCUT2D eigenvalue weighted by Crippen LogP contribution is 2.18. The van der Waals surface area contributed by atoms with Gasteiger partial charge in [0, 0.05) is 30.7 Å². The summed E-state index contributed by atoms with van der Waals surface area (Å²) >= 11 is 0. The zero-order valence-electron chi connectivity index (χ0n) is 15.0. The van der Waals surface area contributed by atoms with Crippen LogP contribution in [0.3, 0.4) is 0 Å². The number of carbonyl (C=O) groups excluding carboxylic acids is 2. The molecule has 0 radical (unpaired) electrons. The molecule has 1 aliphatic rings. The molecule has 2 amide bonds. The number of halogens is 2. The Morgan fingerprint density at radius 1 is 1.19 bits per heavy atom. The minimum Gasteiger partial charge on any atom is -0.435 e. The number of alkyl halides is 2. The first-order valence-corrected chi connectivity index (χ1v) is 8.71. The Balaban J connectivity index is 1.73. The first kappa shape index (κ1) is 20.1. The van der Waals surface area contributed by atoms with E-state index in [0.717, 1.165) is 25.9 Å². The Kier molecular flexibility index (Phi) is 7.32. The van der Waals surface area contributed by atoms with Crippen LogP contribution in [0.25, 0.3) is 0 Å². The van der Waals surface area contributed by atoms with Gasteiger partial charge in [0.1, 0.15) is 5.75 Å². The lowest BCUT2D eigenvalue weighted by Gasteiger charge is -2.32. The standard InChI is InChI=1S/C18H25F2N3O3/c1-12(2)17(25)22-14-7-9-23(10-8-14)11-16(24)21-13-3-5-15(6-4-13)26-18(19)20/h3-6,12,14,18H,7-11H2,1-2H3,(H,21,24)(H,22,25). The second-order valence-electron chi connectivity index (χ2n) is 6.66. The van der Waals surface area contributed by atoms with Gasteiger partial charge < -0.3 is 15.4 Å². The number of piperidine rings is 1. The number of rotatable bonds is 7. The Labute approximate surface area is 151 Å². The van der Waals surface area contributed by atoms with E-state index in [1.807, 2.05) is 18.7 Å². The molecular formula is C18H25F2N3O3. The molecule has 0 aromatic heterocycles. The first-order valence-electron chi connectivity index (χ1n) is 8.71. The number of benzene rings is 1. The van der Waals surface area contributed by atoms with Crippen LogP contribution in [0.1, 0.15) is 26.7 Å². The van der Waals surface area contributed by atoms with Gasteiger partial charge in [-0.05, 0) is 37.1 Å². The van der Waals surface area contributed by atoms with E-state index < -0.39 is 6.61 Å². The molecule has 144 valence electrons. The SMILES string of the molecule is CC(C)C(=O)NC1CCN(CC(=O)Nc2ccc(OC(F)F)cc2)CC1. The number of hydrogen-bond donors (Lipinski definition) is 2. The minimum atomic E-state index is -2.87. The fraction of sp³-hybridized carbons (Fsp3) is 0.556. The molecule has 1 aromatic rings. The molecule has 6 nitrogen and oxygen atoms in total. The lowest BCUT2D eigenvalue weighted by Crippen LogP contribution is -2.47. The van der Waals surface area contributed by atoms with Gasteiger partial charge in [0.2, 0.25) is 11.8 Å². The molecule has 0 bridgehead atoms. The van der Waals surface area contributed by atoms with Crippen molar-refractivity contribution in [3.63, 3.8) is 0 Å². The van der Waals surface area contributed by atoms with Crippen LogP contribution >= 0.6 is 0 Å². The van der Waals surface area contributed by atoms with E-state index >= 15 is 0 Å². The van der Waals surface area contributed by atoms with E-state index in [2.05, 4.69) is 15.4 Å². The topological polar surface area (TPSA) is 70.7 Å². The van der Waals surface area contributed by atoms with Gasteiger partial charge in [-0.2, -0.15) is 8.78 Å². The van der Waals surface area contributed by atoms with Crippen molar-refractivity contribution in [2.24, 2.45) is 5.92 Å². The van der Waals surface area contributed by atoms with E-state index in [1.54, 1.807) is 0 Å². The Hall–Kier alpha value is -2.22. The zero-order valence-corrected chi connectivity index (χ0v) is 15.0. The summed E-state index contributed by atoms with van der Waals surface area (Å²) in [6, 6.07) is 5.95. The number of likely N-dealkylation sites (tertiary alicyclic amines) is 1. The molecule has 8 heteroatoms. The molecule has 0 unspecified atom stereocenters. The molecule has 1 aliphatic heterocycles. The lowest BCUT2D eigenvalue weighted by atomic mass is 10.0. The van der Waals surface area contributed by atoms with Gasteiger partial charge in [0.25, 0.3) is 0 Å². The van der Waals surface area contributed by atoms with Crippen LogP contribution in [0, 0.1) is 5.92 Å². The molecule has 0 spiro atoms. The van der Waals surface area contributed by atoms with E-state index in [1.165, 1.54) is 24.3 Å². The molecule has 0 saturated carbocycles. The van der Waals surface area contributed by atoms with Gasteiger partial charge >= 0.3 is 6.61 Å². The quantitative estimate of drug-likeness (QED) is 0.775. The number of ether oxygens (including phenoxy) is 1. The van der Waals surface area contributed by atoms with Gasteiger partial charge in [-0.25, -0.2) is 0 Å². The van der Waals surface area contributed by atoms with Crippen LogP contribution in [0.15, 0.2) is 24.3 Å². The summed E-state index contributed by atoms with van der Waals surface area (Å²) in [6.07, 6.45) is 1.62.